The molecule has 1 aliphatic carbocycles. The van der Waals surface area contributed by atoms with Crippen LogP contribution in [0.5, 0.6) is 0 Å². The lowest BCUT2D eigenvalue weighted by Crippen LogP contribution is -2.40. The number of allylic oxidation sites excluding steroid dienone is 2. The van der Waals surface area contributed by atoms with Crippen molar-refractivity contribution < 1.29 is 9.59 Å². The topological polar surface area (TPSA) is 61.4 Å². The van der Waals surface area contributed by atoms with Gasteiger partial charge in [-0.25, -0.2) is 4.79 Å². The van der Waals surface area contributed by atoms with Gasteiger partial charge in [0.25, 0.3) is 0 Å². The standard InChI is InChI=1S/C13H23N3O2/c1-16(2)12(17)8-9-14-13(18)15-10-11-6-4-3-5-7-11/h3-4,11H,5-10H2,1-2H3,(H2,14,15,18). The second-order valence-electron chi connectivity index (χ2n) is 4.83. The molecule has 18 heavy (non-hydrogen) atoms. The van der Waals surface area contributed by atoms with Gasteiger partial charge in [-0.05, 0) is 25.2 Å². The lowest BCUT2D eigenvalue weighted by Gasteiger charge is -2.18. The molecule has 0 aliphatic heterocycles. The third kappa shape index (κ3) is 5.70. The predicted octanol–water partition coefficient (Wildman–Crippen LogP) is 1.12. The van der Waals surface area contributed by atoms with Crippen LogP contribution in [0.15, 0.2) is 12.2 Å². The first kappa shape index (κ1) is 14.5. The maximum absolute atomic E-state index is 11.5. The number of nitrogens with one attached hydrogen (secondary N) is 2. The first-order chi connectivity index (χ1) is 8.59. The lowest BCUT2D eigenvalue weighted by molar-refractivity contribution is -0.128. The van der Waals surface area contributed by atoms with Crippen molar-refractivity contribution in [2.45, 2.75) is 25.7 Å². The van der Waals surface area contributed by atoms with E-state index in [2.05, 4.69) is 22.8 Å². The molecule has 0 aromatic carbocycles. The summed E-state index contributed by atoms with van der Waals surface area (Å²) in [6, 6.07) is -0.184. The number of hydrogen-bond acceptors (Lipinski definition) is 2. The van der Waals surface area contributed by atoms with Crippen molar-refractivity contribution in [3.63, 3.8) is 0 Å². The molecule has 0 heterocycles. The van der Waals surface area contributed by atoms with E-state index in [0.29, 0.717) is 25.4 Å². The number of carbonyl (C=O) groups excluding carboxylic acids is 2. The highest BCUT2D eigenvalue weighted by Gasteiger charge is 2.11. The number of nitrogens with zero attached hydrogens (tertiary/aromatic N) is 1. The second kappa shape index (κ2) is 7.74. The van der Waals surface area contributed by atoms with E-state index >= 15 is 0 Å². The fraction of sp³-hybridized carbons (Fsp3) is 0.692. The smallest absolute Gasteiger partial charge is 0.314 e. The van der Waals surface area contributed by atoms with Crippen LogP contribution < -0.4 is 10.6 Å². The van der Waals surface area contributed by atoms with Gasteiger partial charge < -0.3 is 15.5 Å². The van der Waals surface area contributed by atoms with Crippen LogP contribution in [0.1, 0.15) is 25.7 Å². The van der Waals surface area contributed by atoms with Crippen molar-refractivity contribution in [1.29, 1.82) is 0 Å². The summed E-state index contributed by atoms with van der Waals surface area (Å²) in [6.45, 7) is 1.09. The minimum Gasteiger partial charge on any atom is -0.349 e. The van der Waals surface area contributed by atoms with Gasteiger partial charge in [0.2, 0.25) is 5.91 Å². The Morgan fingerprint density at radius 3 is 2.67 bits per heavy atom. The van der Waals surface area contributed by atoms with Crippen molar-refractivity contribution in [1.82, 2.24) is 15.5 Å². The molecule has 0 saturated carbocycles. The first-order valence-electron chi connectivity index (χ1n) is 6.46. The molecule has 1 aliphatic rings. The van der Waals surface area contributed by atoms with Crippen LogP contribution >= 0.6 is 0 Å². The molecule has 0 radical (unpaired) electrons. The van der Waals surface area contributed by atoms with Gasteiger partial charge in [-0.1, -0.05) is 12.2 Å². The number of amides is 3. The fourth-order valence-corrected chi connectivity index (χ4v) is 1.85. The summed E-state index contributed by atoms with van der Waals surface area (Å²) in [7, 11) is 3.41. The Kier molecular flexibility index (Phi) is 6.25. The molecule has 1 rings (SSSR count). The van der Waals surface area contributed by atoms with Crippen molar-refractivity contribution in [2.24, 2.45) is 5.92 Å². The molecule has 1 unspecified atom stereocenters. The van der Waals surface area contributed by atoms with Crippen LogP contribution in [0.3, 0.4) is 0 Å². The molecule has 5 nitrogen and oxygen atoms in total. The average molecular weight is 253 g/mol. The van der Waals surface area contributed by atoms with Crippen LogP contribution in [0, 0.1) is 5.92 Å². The Labute approximate surface area is 109 Å². The zero-order valence-electron chi connectivity index (χ0n) is 11.2. The van der Waals surface area contributed by atoms with E-state index in [4.69, 9.17) is 0 Å². The fourth-order valence-electron chi connectivity index (χ4n) is 1.85. The van der Waals surface area contributed by atoms with Gasteiger partial charge >= 0.3 is 6.03 Å². The van der Waals surface area contributed by atoms with Gasteiger partial charge in [-0.3, -0.25) is 4.79 Å². The molecule has 1 atom stereocenters. The van der Waals surface area contributed by atoms with Gasteiger partial charge in [0.1, 0.15) is 0 Å². The van der Waals surface area contributed by atoms with E-state index in [1.54, 1.807) is 14.1 Å². The molecule has 0 spiro atoms. The molecule has 5 heteroatoms. The maximum Gasteiger partial charge on any atom is 0.314 e. The molecule has 0 bridgehead atoms. The molecule has 102 valence electrons. The minimum absolute atomic E-state index is 0.0210. The molecule has 0 aromatic rings. The second-order valence-corrected chi connectivity index (χ2v) is 4.83. The normalized spacial score (nSPS) is 18.2. The summed E-state index contributed by atoms with van der Waals surface area (Å²) in [5.41, 5.74) is 0. The third-order valence-electron chi connectivity index (χ3n) is 3.05. The monoisotopic (exact) mass is 253 g/mol. The van der Waals surface area contributed by atoms with Gasteiger partial charge in [0.05, 0.1) is 0 Å². The Balaban J connectivity index is 2.07. The predicted molar refractivity (Wildman–Crippen MR) is 71.2 cm³/mol. The van der Waals surface area contributed by atoms with E-state index in [1.165, 1.54) is 4.90 Å². The summed E-state index contributed by atoms with van der Waals surface area (Å²) in [5.74, 6) is 0.567. The van der Waals surface area contributed by atoms with E-state index in [-0.39, 0.29) is 11.9 Å². The minimum atomic E-state index is -0.184. The largest absolute Gasteiger partial charge is 0.349 e. The zero-order valence-corrected chi connectivity index (χ0v) is 11.2. The Morgan fingerprint density at radius 2 is 2.06 bits per heavy atom. The number of carbonyl (C=O) groups is 2. The van der Waals surface area contributed by atoms with Crippen LogP contribution in [0.25, 0.3) is 0 Å². The highest BCUT2D eigenvalue weighted by atomic mass is 16.2. The highest BCUT2D eigenvalue weighted by molar-refractivity contribution is 5.77. The van der Waals surface area contributed by atoms with E-state index in [1.807, 2.05) is 0 Å². The Bertz CT molecular complexity index is 313. The Hall–Kier alpha value is -1.52. The quantitative estimate of drug-likeness (QED) is 0.721. The van der Waals surface area contributed by atoms with Crippen molar-refractivity contribution in [2.75, 3.05) is 27.2 Å². The van der Waals surface area contributed by atoms with E-state index in [0.717, 1.165) is 19.3 Å². The van der Waals surface area contributed by atoms with Gasteiger partial charge in [-0.2, -0.15) is 0 Å². The molecule has 0 fully saturated rings. The number of rotatable bonds is 5. The molecule has 3 amide bonds. The van der Waals surface area contributed by atoms with Crippen LogP contribution in [-0.4, -0.2) is 44.0 Å². The molecule has 2 N–H and O–H groups in total. The summed E-state index contributed by atoms with van der Waals surface area (Å²) >= 11 is 0. The summed E-state index contributed by atoms with van der Waals surface area (Å²) in [5, 5.41) is 5.54. The Morgan fingerprint density at radius 1 is 1.28 bits per heavy atom. The molecular formula is C13H23N3O2. The maximum atomic E-state index is 11.5. The van der Waals surface area contributed by atoms with Gasteiger partial charge in [0.15, 0.2) is 0 Å². The van der Waals surface area contributed by atoms with Crippen LogP contribution in [0.4, 0.5) is 4.79 Å². The zero-order chi connectivity index (χ0) is 13.4. The average Bonchev–Trinajstić information content (AvgIpc) is 2.37. The molecule has 0 saturated heterocycles. The summed E-state index contributed by atoms with van der Waals surface area (Å²) in [4.78, 5) is 24.3. The summed E-state index contributed by atoms with van der Waals surface area (Å²) < 4.78 is 0. The van der Waals surface area contributed by atoms with E-state index < -0.39 is 0 Å². The molecule has 0 aromatic heterocycles. The highest BCUT2D eigenvalue weighted by Crippen LogP contribution is 2.16. The first-order valence-corrected chi connectivity index (χ1v) is 6.46. The van der Waals surface area contributed by atoms with Gasteiger partial charge in [-0.15, -0.1) is 0 Å². The number of hydrogen-bond donors (Lipinski definition) is 2. The van der Waals surface area contributed by atoms with Crippen molar-refractivity contribution >= 4 is 11.9 Å². The van der Waals surface area contributed by atoms with Crippen LogP contribution in [0.2, 0.25) is 0 Å². The molecular weight excluding hydrogens is 230 g/mol. The number of urea groups is 1. The van der Waals surface area contributed by atoms with Gasteiger partial charge in [0, 0.05) is 33.6 Å². The summed E-state index contributed by atoms with van der Waals surface area (Å²) in [6.07, 6.45) is 7.97. The third-order valence-corrected chi connectivity index (χ3v) is 3.05. The lowest BCUT2D eigenvalue weighted by atomic mass is 9.94. The van der Waals surface area contributed by atoms with Crippen molar-refractivity contribution in [3.05, 3.63) is 12.2 Å². The SMILES string of the molecule is CN(C)C(=O)CCNC(=O)NCC1CC=CCC1. The van der Waals surface area contributed by atoms with Crippen molar-refractivity contribution in [3.8, 4) is 0 Å². The van der Waals surface area contributed by atoms with Crippen LogP contribution in [-0.2, 0) is 4.79 Å². The van der Waals surface area contributed by atoms with E-state index in [9.17, 15) is 9.59 Å².